The number of anilines is 1. The third kappa shape index (κ3) is 3.70. The molecule has 0 amide bonds. The van der Waals surface area contributed by atoms with Crippen molar-refractivity contribution in [3.05, 3.63) is 65.3 Å². The highest BCUT2D eigenvalue weighted by Crippen LogP contribution is 2.65. The second kappa shape index (κ2) is 9.04. The molecule has 2 saturated carbocycles. The summed E-state index contributed by atoms with van der Waals surface area (Å²) in [5.41, 5.74) is 7.66. The van der Waals surface area contributed by atoms with Gasteiger partial charge in [-0.3, -0.25) is 4.79 Å². The van der Waals surface area contributed by atoms with E-state index in [1.54, 1.807) is 11.1 Å². The summed E-state index contributed by atoms with van der Waals surface area (Å²) >= 11 is 0. The number of benzene rings is 1. The number of carbonyl (C=O) groups is 1. The monoisotopic (exact) mass is 431 g/mol. The van der Waals surface area contributed by atoms with Crippen molar-refractivity contribution in [2.75, 3.05) is 19.0 Å². The fraction of sp³-hybridized carbons (Fsp3) is 0.567. The molecule has 2 heteroatoms. The number of nitrogens with zero attached hydrogens (tertiary/aromatic N) is 1. The van der Waals surface area contributed by atoms with Crippen LogP contribution in [0.4, 0.5) is 5.69 Å². The van der Waals surface area contributed by atoms with Crippen LogP contribution in [0, 0.1) is 23.2 Å². The van der Waals surface area contributed by atoms with Crippen LogP contribution in [0.25, 0.3) is 0 Å². The molecule has 2 unspecified atom stereocenters. The fourth-order valence-electron chi connectivity index (χ4n) is 7.39. The van der Waals surface area contributed by atoms with Crippen LogP contribution >= 0.6 is 0 Å². The second-order valence-corrected chi connectivity index (χ2v) is 10.5. The summed E-state index contributed by atoms with van der Waals surface area (Å²) < 4.78 is 0. The largest absolute Gasteiger partial charge is 0.378 e. The molecule has 0 saturated heterocycles. The van der Waals surface area contributed by atoms with Crippen LogP contribution in [0.5, 0.6) is 0 Å². The second-order valence-electron chi connectivity index (χ2n) is 10.5. The van der Waals surface area contributed by atoms with Crippen LogP contribution < -0.4 is 4.90 Å². The smallest absolute Gasteiger partial charge is 0.156 e. The summed E-state index contributed by atoms with van der Waals surface area (Å²) in [5.74, 6) is 2.86. The molecule has 0 heterocycles. The number of rotatable bonds is 3. The first-order valence-corrected chi connectivity index (χ1v) is 12.8. The van der Waals surface area contributed by atoms with Gasteiger partial charge in [-0.25, -0.2) is 0 Å². The van der Waals surface area contributed by atoms with E-state index in [1.807, 2.05) is 19.9 Å². The van der Waals surface area contributed by atoms with E-state index in [-0.39, 0.29) is 0 Å². The van der Waals surface area contributed by atoms with E-state index in [0.29, 0.717) is 35.4 Å². The van der Waals surface area contributed by atoms with Crippen molar-refractivity contribution in [3.8, 4) is 0 Å². The molecule has 172 valence electrons. The van der Waals surface area contributed by atoms with Gasteiger partial charge >= 0.3 is 0 Å². The molecule has 1 aromatic rings. The van der Waals surface area contributed by atoms with Gasteiger partial charge in [0.2, 0.25) is 0 Å². The van der Waals surface area contributed by atoms with Crippen LogP contribution in [0.3, 0.4) is 0 Å². The molecule has 5 atom stereocenters. The maximum Gasteiger partial charge on any atom is 0.156 e. The van der Waals surface area contributed by atoms with Gasteiger partial charge in [0.05, 0.1) is 0 Å². The van der Waals surface area contributed by atoms with Crippen molar-refractivity contribution in [2.24, 2.45) is 23.2 Å². The van der Waals surface area contributed by atoms with Crippen LogP contribution in [0.2, 0.25) is 0 Å². The molecule has 0 spiro atoms. The molecular weight excluding hydrogens is 390 g/mol. The maximum atomic E-state index is 12.1. The lowest BCUT2D eigenvalue weighted by Crippen LogP contribution is -2.43. The van der Waals surface area contributed by atoms with E-state index in [2.05, 4.69) is 62.8 Å². The van der Waals surface area contributed by atoms with Gasteiger partial charge in [-0.15, -0.1) is 6.58 Å². The molecule has 4 aliphatic carbocycles. The lowest BCUT2D eigenvalue weighted by atomic mass is 9.52. The van der Waals surface area contributed by atoms with Crippen molar-refractivity contribution >= 4 is 11.5 Å². The van der Waals surface area contributed by atoms with Gasteiger partial charge in [-0.2, -0.15) is 0 Å². The molecule has 1 aromatic carbocycles. The van der Waals surface area contributed by atoms with Crippen molar-refractivity contribution in [1.29, 1.82) is 0 Å². The topological polar surface area (TPSA) is 20.3 Å². The zero-order chi connectivity index (χ0) is 23.0. The Labute approximate surface area is 195 Å². The zero-order valence-corrected chi connectivity index (χ0v) is 20.8. The molecule has 4 aliphatic rings. The van der Waals surface area contributed by atoms with Gasteiger partial charge in [0.1, 0.15) is 0 Å². The molecule has 0 N–H and O–H groups in total. The summed E-state index contributed by atoms with van der Waals surface area (Å²) in [6, 6.07) is 9.26. The zero-order valence-electron chi connectivity index (χ0n) is 20.8. The number of fused-ring (bicyclic) bond motifs is 4. The first-order chi connectivity index (χ1) is 15.4. The van der Waals surface area contributed by atoms with E-state index < -0.39 is 0 Å². The number of hydrogen-bond donors (Lipinski definition) is 0. The van der Waals surface area contributed by atoms with E-state index in [9.17, 15) is 4.79 Å². The van der Waals surface area contributed by atoms with Gasteiger partial charge < -0.3 is 4.90 Å². The van der Waals surface area contributed by atoms with Gasteiger partial charge in [-0.05, 0) is 96.6 Å². The number of carbonyl (C=O) groups excluding carboxylic acids is 1. The average molecular weight is 432 g/mol. The normalized spacial score (nSPS) is 33.3. The Balaban J connectivity index is 0.00000119. The van der Waals surface area contributed by atoms with Gasteiger partial charge in [0.15, 0.2) is 5.78 Å². The molecule has 0 aliphatic heterocycles. The Hall–Kier alpha value is -2.09. The van der Waals surface area contributed by atoms with Crippen molar-refractivity contribution < 1.29 is 4.79 Å². The van der Waals surface area contributed by atoms with Gasteiger partial charge in [0.25, 0.3) is 0 Å². The molecule has 0 bridgehead atoms. The SMILES string of the molecule is C=C[C@H]1CCC2C3CCC4=CC(=O)CCC4=C3[C@@H](c3ccc(N(C)C)cc3)C[C@@]21C.CC. The average Bonchev–Trinajstić information content (AvgIpc) is 3.15. The molecule has 5 rings (SSSR count). The van der Waals surface area contributed by atoms with Crippen LogP contribution in [0.1, 0.15) is 77.2 Å². The van der Waals surface area contributed by atoms with Crippen LogP contribution in [0.15, 0.2) is 59.7 Å². The minimum absolute atomic E-state index is 0.327. The summed E-state index contributed by atoms with van der Waals surface area (Å²) in [7, 11) is 4.21. The summed E-state index contributed by atoms with van der Waals surface area (Å²) in [6.07, 6.45) is 12.0. The van der Waals surface area contributed by atoms with Gasteiger partial charge in [-0.1, -0.05) is 44.6 Å². The lowest BCUT2D eigenvalue weighted by Gasteiger charge is -2.52. The highest BCUT2D eigenvalue weighted by atomic mass is 16.1. The Kier molecular flexibility index (Phi) is 6.52. The van der Waals surface area contributed by atoms with Crippen LogP contribution in [-0.4, -0.2) is 19.9 Å². The van der Waals surface area contributed by atoms with E-state index in [0.717, 1.165) is 18.8 Å². The highest BCUT2D eigenvalue weighted by Gasteiger charge is 2.55. The third-order valence-corrected chi connectivity index (χ3v) is 8.90. The predicted octanol–water partition coefficient (Wildman–Crippen LogP) is 7.48. The van der Waals surface area contributed by atoms with Crippen molar-refractivity contribution in [3.63, 3.8) is 0 Å². The first-order valence-electron chi connectivity index (χ1n) is 12.8. The molecule has 0 aromatic heterocycles. The van der Waals surface area contributed by atoms with Crippen LogP contribution in [-0.2, 0) is 4.79 Å². The summed E-state index contributed by atoms with van der Waals surface area (Å²) in [4.78, 5) is 14.3. The number of ketones is 1. The minimum atomic E-state index is 0.327. The highest BCUT2D eigenvalue weighted by molar-refractivity contribution is 5.93. The number of hydrogen-bond acceptors (Lipinski definition) is 2. The summed E-state index contributed by atoms with van der Waals surface area (Å²) in [5, 5.41) is 0. The van der Waals surface area contributed by atoms with Crippen molar-refractivity contribution in [1.82, 2.24) is 0 Å². The Bertz CT molecular complexity index is 934. The third-order valence-electron chi connectivity index (χ3n) is 8.90. The molecule has 32 heavy (non-hydrogen) atoms. The maximum absolute atomic E-state index is 12.1. The van der Waals surface area contributed by atoms with Gasteiger partial charge in [0, 0.05) is 32.1 Å². The molecule has 2 fully saturated rings. The predicted molar refractivity (Wildman–Crippen MR) is 136 cm³/mol. The Morgan fingerprint density at radius 2 is 1.75 bits per heavy atom. The van der Waals surface area contributed by atoms with E-state index in [4.69, 9.17) is 0 Å². The first kappa shape index (κ1) is 23.1. The molecule has 0 radical (unpaired) electrons. The lowest BCUT2D eigenvalue weighted by molar-refractivity contribution is -0.114. The quantitative estimate of drug-likeness (QED) is 0.462. The van der Waals surface area contributed by atoms with Crippen molar-refractivity contribution in [2.45, 2.75) is 71.6 Å². The minimum Gasteiger partial charge on any atom is -0.378 e. The molecule has 2 nitrogen and oxygen atoms in total. The Morgan fingerprint density at radius 3 is 2.41 bits per heavy atom. The summed E-state index contributed by atoms with van der Waals surface area (Å²) in [6.45, 7) is 10.8. The standard InChI is InChI=1S/C28H35NO.C2H6/c1-5-20-9-15-26-24-13-8-19-16-22(30)12-14-23(19)27(24)25(17-28(20,26)2)18-6-10-21(11-7-18)29(3)4;1-2/h5-7,10-11,16,20,24-26H,1,8-9,12-15,17H2,2-4H3;1-2H3/t20-,24?,25+,26?,28+;/m0./s1. The van der Waals surface area contributed by atoms with E-state index >= 15 is 0 Å². The van der Waals surface area contributed by atoms with E-state index in [1.165, 1.54) is 42.5 Å². The Morgan fingerprint density at radius 1 is 1.03 bits per heavy atom. The fourth-order valence-corrected chi connectivity index (χ4v) is 7.39. The number of allylic oxidation sites excluding steroid dienone is 5. The molecular formula is C30H41NO.